The zero-order valence-corrected chi connectivity index (χ0v) is 16.3. The van der Waals surface area contributed by atoms with E-state index in [1.54, 1.807) is 6.92 Å². The van der Waals surface area contributed by atoms with E-state index in [0.717, 1.165) is 27.1 Å². The van der Waals surface area contributed by atoms with Gasteiger partial charge in [0.2, 0.25) is 5.91 Å². The molecule has 0 heterocycles. The van der Waals surface area contributed by atoms with Gasteiger partial charge in [-0.15, -0.1) is 0 Å². The molecule has 0 N–H and O–H groups in total. The van der Waals surface area contributed by atoms with E-state index in [9.17, 15) is 14.4 Å². The van der Waals surface area contributed by atoms with Crippen LogP contribution >= 0.6 is 0 Å². The fourth-order valence-corrected chi connectivity index (χ4v) is 3.14. The van der Waals surface area contributed by atoms with Crippen molar-refractivity contribution in [3.05, 3.63) is 52.9 Å². The van der Waals surface area contributed by atoms with Gasteiger partial charge in [-0.05, 0) is 60.0 Å². The highest BCUT2D eigenvalue weighted by Crippen LogP contribution is 2.22. The minimum absolute atomic E-state index is 0.0626. The molecule has 0 fully saturated rings. The summed E-state index contributed by atoms with van der Waals surface area (Å²) in [5, 5.41) is 1.69. The SMILES string of the molecule is C=c1cc(-c2ccc(N(CC(C)=O)C(C)=O)cc2)cc/c1=C(/CC)C(C)=O. The number of rotatable bonds is 6. The fourth-order valence-electron chi connectivity index (χ4n) is 3.14. The first kappa shape index (κ1) is 20.3. The van der Waals surface area contributed by atoms with Gasteiger partial charge in [0, 0.05) is 18.2 Å². The first-order valence-corrected chi connectivity index (χ1v) is 8.95. The van der Waals surface area contributed by atoms with Crippen molar-refractivity contribution in [2.24, 2.45) is 0 Å². The van der Waals surface area contributed by atoms with E-state index >= 15 is 0 Å². The van der Waals surface area contributed by atoms with Crippen molar-refractivity contribution in [1.82, 2.24) is 0 Å². The molecule has 2 aromatic carbocycles. The van der Waals surface area contributed by atoms with Crippen LogP contribution in [0.5, 0.6) is 0 Å². The summed E-state index contributed by atoms with van der Waals surface area (Å²) in [6.07, 6.45) is 0.670. The van der Waals surface area contributed by atoms with Crippen LogP contribution < -0.4 is 15.3 Å². The van der Waals surface area contributed by atoms with Gasteiger partial charge in [-0.25, -0.2) is 0 Å². The molecule has 0 spiro atoms. The second-order valence-corrected chi connectivity index (χ2v) is 6.61. The Labute approximate surface area is 159 Å². The molecular formula is C23H25NO3. The summed E-state index contributed by atoms with van der Waals surface area (Å²) in [6, 6.07) is 13.3. The van der Waals surface area contributed by atoms with Gasteiger partial charge in [0.25, 0.3) is 0 Å². The topological polar surface area (TPSA) is 54.5 Å². The highest BCUT2D eigenvalue weighted by Gasteiger charge is 2.13. The lowest BCUT2D eigenvalue weighted by Gasteiger charge is -2.20. The highest BCUT2D eigenvalue weighted by molar-refractivity contribution is 6.13. The Morgan fingerprint density at radius 2 is 1.52 bits per heavy atom. The minimum Gasteiger partial charge on any atom is -0.305 e. The zero-order valence-electron chi connectivity index (χ0n) is 16.3. The molecule has 0 saturated carbocycles. The third-order valence-corrected chi connectivity index (χ3v) is 4.48. The van der Waals surface area contributed by atoms with Gasteiger partial charge in [0.15, 0.2) is 5.78 Å². The predicted octanol–water partition coefficient (Wildman–Crippen LogP) is 2.86. The number of hydrogen-bond donors (Lipinski definition) is 0. The molecule has 2 aromatic rings. The molecular weight excluding hydrogens is 338 g/mol. The van der Waals surface area contributed by atoms with Crippen molar-refractivity contribution >= 4 is 35.3 Å². The first-order chi connectivity index (χ1) is 12.7. The number of hydrogen-bond acceptors (Lipinski definition) is 3. The van der Waals surface area contributed by atoms with Gasteiger partial charge in [-0.1, -0.05) is 37.8 Å². The molecule has 27 heavy (non-hydrogen) atoms. The second kappa shape index (κ2) is 8.58. The smallest absolute Gasteiger partial charge is 0.224 e. The fraction of sp³-hybridized carbons (Fsp3) is 0.261. The van der Waals surface area contributed by atoms with E-state index in [1.165, 1.54) is 18.7 Å². The summed E-state index contributed by atoms with van der Waals surface area (Å²) in [7, 11) is 0. The van der Waals surface area contributed by atoms with Gasteiger partial charge in [-0.2, -0.15) is 0 Å². The summed E-state index contributed by atoms with van der Waals surface area (Å²) < 4.78 is 0. The van der Waals surface area contributed by atoms with E-state index in [4.69, 9.17) is 0 Å². The number of carbonyl (C=O) groups is 3. The van der Waals surface area contributed by atoms with Crippen LogP contribution in [0, 0.1) is 0 Å². The Hall–Kier alpha value is -3.01. The number of ketones is 2. The van der Waals surface area contributed by atoms with Crippen molar-refractivity contribution in [3.63, 3.8) is 0 Å². The number of carbonyl (C=O) groups excluding carboxylic acids is 3. The molecule has 4 nitrogen and oxygen atoms in total. The van der Waals surface area contributed by atoms with Crippen molar-refractivity contribution in [1.29, 1.82) is 0 Å². The van der Waals surface area contributed by atoms with Crippen LogP contribution in [0.4, 0.5) is 5.69 Å². The molecule has 2 rings (SSSR count). The summed E-state index contributed by atoms with van der Waals surface area (Å²) in [6.45, 7) is 10.6. The first-order valence-electron chi connectivity index (χ1n) is 8.95. The van der Waals surface area contributed by atoms with Crippen LogP contribution in [0.3, 0.4) is 0 Å². The van der Waals surface area contributed by atoms with Crippen LogP contribution in [-0.4, -0.2) is 24.0 Å². The Kier molecular flexibility index (Phi) is 6.45. The Morgan fingerprint density at radius 1 is 0.926 bits per heavy atom. The molecule has 0 bridgehead atoms. The maximum Gasteiger partial charge on any atom is 0.224 e. The number of amides is 1. The molecule has 0 saturated heterocycles. The van der Waals surface area contributed by atoms with Crippen LogP contribution in [0.25, 0.3) is 23.3 Å². The molecule has 0 radical (unpaired) electrons. The highest BCUT2D eigenvalue weighted by atomic mass is 16.2. The average molecular weight is 363 g/mol. The number of anilines is 1. The minimum atomic E-state index is -0.172. The molecule has 0 aliphatic heterocycles. The van der Waals surface area contributed by atoms with Crippen molar-refractivity contribution < 1.29 is 14.4 Å². The monoisotopic (exact) mass is 363 g/mol. The maximum absolute atomic E-state index is 11.8. The van der Waals surface area contributed by atoms with Crippen LogP contribution in [0.2, 0.25) is 0 Å². The molecule has 4 heteroatoms. The Bertz CT molecular complexity index is 987. The lowest BCUT2D eigenvalue weighted by Crippen LogP contribution is -2.32. The van der Waals surface area contributed by atoms with E-state index in [0.29, 0.717) is 12.1 Å². The van der Waals surface area contributed by atoms with Crippen LogP contribution in [0.15, 0.2) is 42.5 Å². The van der Waals surface area contributed by atoms with Crippen LogP contribution in [-0.2, 0) is 14.4 Å². The maximum atomic E-state index is 11.8. The largest absolute Gasteiger partial charge is 0.305 e. The van der Waals surface area contributed by atoms with Crippen molar-refractivity contribution in [3.8, 4) is 11.1 Å². The molecule has 1 amide bonds. The van der Waals surface area contributed by atoms with Gasteiger partial charge >= 0.3 is 0 Å². The number of Topliss-reactive ketones (excluding diaryl/α,β-unsaturated/α-hetero) is 2. The molecule has 140 valence electrons. The lowest BCUT2D eigenvalue weighted by atomic mass is 10.00. The van der Waals surface area contributed by atoms with Gasteiger partial charge in [-0.3, -0.25) is 14.4 Å². The van der Waals surface area contributed by atoms with E-state index < -0.39 is 0 Å². The third-order valence-electron chi connectivity index (χ3n) is 4.48. The Balaban J connectivity index is 2.42. The zero-order chi connectivity index (χ0) is 20.1. The van der Waals surface area contributed by atoms with Gasteiger partial charge in [0.1, 0.15) is 5.78 Å². The summed E-state index contributed by atoms with van der Waals surface area (Å²) in [5.41, 5.74) is 3.42. The molecule has 0 unspecified atom stereocenters. The van der Waals surface area contributed by atoms with Crippen molar-refractivity contribution in [2.45, 2.75) is 34.1 Å². The molecule has 0 aliphatic rings. The van der Waals surface area contributed by atoms with E-state index in [-0.39, 0.29) is 24.0 Å². The summed E-state index contributed by atoms with van der Waals surface area (Å²) in [5.74, 6) is -0.177. The lowest BCUT2D eigenvalue weighted by molar-refractivity contribution is -0.120. The normalized spacial score (nSPS) is 11.7. The summed E-state index contributed by atoms with van der Waals surface area (Å²) in [4.78, 5) is 36.4. The second-order valence-electron chi connectivity index (χ2n) is 6.61. The Morgan fingerprint density at radius 3 is 1.96 bits per heavy atom. The third kappa shape index (κ3) is 4.79. The summed E-state index contributed by atoms with van der Waals surface area (Å²) >= 11 is 0. The van der Waals surface area contributed by atoms with Gasteiger partial charge < -0.3 is 4.90 Å². The van der Waals surface area contributed by atoms with Gasteiger partial charge in [0.05, 0.1) is 6.54 Å². The average Bonchev–Trinajstić information content (AvgIpc) is 2.61. The number of benzene rings is 2. The van der Waals surface area contributed by atoms with E-state index in [1.807, 2.05) is 49.4 Å². The standard InChI is InChI=1S/C23H25NO3/c1-6-22(17(4)26)23-12-9-20(13-15(23)2)19-7-10-21(11-8-19)24(18(5)27)14-16(3)25/h7-13H,2,6,14H2,1,3-5H3/b23-22+. The number of nitrogens with zero attached hydrogens (tertiary/aromatic N) is 1. The molecule has 0 aliphatic carbocycles. The van der Waals surface area contributed by atoms with Crippen LogP contribution in [0.1, 0.15) is 34.1 Å². The molecule has 0 atom stereocenters. The van der Waals surface area contributed by atoms with Crippen molar-refractivity contribution in [2.75, 3.05) is 11.4 Å². The van der Waals surface area contributed by atoms with E-state index in [2.05, 4.69) is 6.58 Å². The quantitative estimate of drug-likeness (QED) is 0.793. The molecule has 0 aromatic heterocycles. The predicted molar refractivity (Wildman–Crippen MR) is 110 cm³/mol.